The second kappa shape index (κ2) is 6.50. The zero-order valence-electron chi connectivity index (χ0n) is 13.4. The number of hydrogen-bond donors (Lipinski definition) is 0. The van der Waals surface area contributed by atoms with Crippen molar-refractivity contribution in [3.05, 3.63) is 59.8 Å². The van der Waals surface area contributed by atoms with Gasteiger partial charge in [0.15, 0.2) is 21.4 Å². The molecular formula is C17H14ClFN2O3S. The first-order chi connectivity index (χ1) is 11.8. The Morgan fingerprint density at radius 2 is 1.84 bits per heavy atom. The van der Waals surface area contributed by atoms with Gasteiger partial charge in [0.25, 0.3) is 0 Å². The molecule has 0 aliphatic rings. The fraction of sp³-hybridized carbons (Fsp3) is 0.118. The molecular weight excluding hydrogens is 367 g/mol. The maximum absolute atomic E-state index is 14.0. The largest absolute Gasteiger partial charge is 0.494 e. The Morgan fingerprint density at radius 1 is 1.16 bits per heavy atom. The van der Waals surface area contributed by atoms with E-state index in [0.717, 1.165) is 6.26 Å². The van der Waals surface area contributed by atoms with Gasteiger partial charge < -0.3 is 4.74 Å². The summed E-state index contributed by atoms with van der Waals surface area (Å²) < 4.78 is 43.7. The van der Waals surface area contributed by atoms with Gasteiger partial charge in [-0.15, -0.1) is 0 Å². The zero-order valence-corrected chi connectivity index (χ0v) is 15.0. The molecule has 0 fully saturated rings. The van der Waals surface area contributed by atoms with Crippen LogP contribution in [-0.4, -0.2) is 31.3 Å². The molecule has 0 spiro atoms. The summed E-state index contributed by atoms with van der Waals surface area (Å²) in [6.07, 6.45) is 2.66. The van der Waals surface area contributed by atoms with E-state index in [4.69, 9.17) is 16.3 Å². The SMILES string of the molecule is COc1ccc(-c2cnc(Cl)n2-c2ccc(S(C)(=O)=O)cc2)cc1F. The van der Waals surface area contributed by atoms with Crippen molar-refractivity contribution in [2.24, 2.45) is 0 Å². The molecule has 0 amide bonds. The van der Waals surface area contributed by atoms with Crippen LogP contribution in [0.4, 0.5) is 4.39 Å². The molecule has 0 saturated heterocycles. The van der Waals surface area contributed by atoms with Crippen molar-refractivity contribution in [2.75, 3.05) is 13.4 Å². The van der Waals surface area contributed by atoms with Crippen LogP contribution in [0.1, 0.15) is 0 Å². The molecule has 3 aromatic rings. The molecule has 5 nitrogen and oxygen atoms in total. The van der Waals surface area contributed by atoms with E-state index >= 15 is 0 Å². The summed E-state index contributed by atoms with van der Waals surface area (Å²) in [6, 6.07) is 10.7. The Hall–Kier alpha value is -2.38. The third-order valence-electron chi connectivity index (χ3n) is 3.69. The molecule has 0 bridgehead atoms. The molecule has 0 aliphatic heterocycles. The Kier molecular flexibility index (Phi) is 4.53. The minimum Gasteiger partial charge on any atom is -0.494 e. The Balaban J connectivity index is 2.10. The van der Waals surface area contributed by atoms with Crippen LogP contribution < -0.4 is 4.74 Å². The van der Waals surface area contributed by atoms with Crippen LogP contribution in [0, 0.1) is 5.82 Å². The lowest BCUT2D eigenvalue weighted by Gasteiger charge is -2.11. The van der Waals surface area contributed by atoms with Crippen LogP contribution >= 0.6 is 11.6 Å². The summed E-state index contributed by atoms with van der Waals surface area (Å²) in [5.41, 5.74) is 1.74. The lowest BCUT2D eigenvalue weighted by atomic mass is 10.1. The van der Waals surface area contributed by atoms with E-state index in [-0.39, 0.29) is 15.9 Å². The molecule has 8 heteroatoms. The van der Waals surface area contributed by atoms with E-state index in [1.165, 1.54) is 37.6 Å². The Morgan fingerprint density at radius 3 is 2.40 bits per heavy atom. The third-order valence-corrected chi connectivity index (χ3v) is 5.08. The van der Waals surface area contributed by atoms with Crippen LogP contribution in [0.15, 0.2) is 53.6 Å². The minimum absolute atomic E-state index is 0.137. The van der Waals surface area contributed by atoms with Crippen LogP contribution in [0.25, 0.3) is 16.9 Å². The van der Waals surface area contributed by atoms with E-state index in [9.17, 15) is 12.8 Å². The molecule has 0 radical (unpaired) electrons. The number of sulfone groups is 1. The number of rotatable bonds is 4. The van der Waals surface area contributed by atoms with E-state index in [0.29, 0.717) is 16.9 Å². The number of halogens is 2. The van der Waals surface area contributed by atoms with E-state index in [1.54, 1.807) is 22.8 Å². The van der Waals surface area contributed by atoms with Gasteiger partial charge in [0, 0.05) is 17.5 Å². The van der Waals surface area contributed by atoms with Crippen molar-refractivity contribution in [3.63, 3.8) is 0 Å². The van der Waals surface area contributed by atoms with Gasteiger partial charge in [0.1, 0.15) is 0 Å². The number of benzene rings is 2. The summed E-state index contributed by atoms with van der Waals surface area (Å²) >= 11 is 6.17. The molecule has 3 rings (SSSR count). The normalized spacial score (nSPS) is 11.5. The highest BCUT2D eigenvalue weighted by Crippen LogP contribution is 2.30. The maximum Gasteiger partial charge on any atom is 0.207 e. The average Bonchev–Trinajstić information content (AvgIpc) is 2.95. The van der Waals surface area contributed by atoms with Crippen LogP contribution in [0.3, 0.4) is 0 Å². The van der Waals surface area contributed by atoms with E-state index in [1.807, 2.05) is 0 Å². The molecule has 2 aromatic carbocycles. The fourth-order valence-electron chi connectivity index (χ4n) is 2.45. The van der Waals surface area contributed by atoms with Crippen LogP contribution in [0.5, 0.6) is 5.75 Å². The minimum atomic E-state index is -3.30. The number of methoxy groups -OCH3 is 1. The second-order valence-corrected chi connectivity index (χ2v) is 7.72. The predicted octanol–water partition coefficient (Wildman–Crippen LogP) is 3.74. The smallest absolute Gasteiger partial charge is 0.207 e. The van der Waals surface area contributed by atoms with Gasteiger partial charge in [-0.05, 0) is 54.1 Å². The molecule has 0 saturated carbocycles. The quantitative estimate of drug-likeness (QED) is 0.691. The molecule has 0 N–H and O–H groups in total. The van der Waals surface area contributed by atoms with Crippen molar-refractivity contribution in [2.45, 2.75) is 4.90 Å². The van der Waals surface area contributed by atoms with Crippen molar-refractivity contribution in [1.82, 2.24) is 9.55 Å². The van der Waals surface area contributed by atoms with Crippen LogP contribution in [-0.2, 0) is 9.84 Å². The molecule has 1 heterocycles. The first-order valence-electron chi connectivity index (χ1n) is 7.19. The van der Waals surface area contributed by atoms with Gasteiger partial charge in [-0.25, -0.2) is 17.8 Å². The first-order valence-corrected chi connectivity index (χ1v) is 9.46. The number of ether oxygens (including phenoxy) is 1. The highest BCUT2D eigenvalue weighted by atomic mass is 35.5. The van der Waals surface area contributed by atoms with Crippen molar-refractivity contribution < 1.29 is 17.5 Å². The molecule has 0 aliphatic carbocycles. The Labute approximate surface area is 149 Å². The first kappa shape index (κ1) is 17.4. The summed E-state index contributed by atoms with van der Waals surface area (Å²) in [4.78, 5) is 4.27. The topological polar surface area (TPSA) is 61.2 Å². The third kappa shape index (κ3) is 3.38. The summed E-state index contributed by atoms with van der Waals surface area (Å²) in [5.74, 6) is -0.366. The highest BCUT2D eigenvalue weighted by molar-refractivity contribution is 7.90. The van der Waals surface area contributed by atoms with E-state index < -0.39 is 15.7 Å². The predicted molar refractivity (Wildman–Crippen MR) is 93.6 cm³/mol. The van der Waals surface area contributed by atoms with Gasteiger partial charge in [0.2, 0.25) is 5.28 Å². The lowest BCUT2D eigenvalue weighted by Crippen LogP contribution is -2.00. The molecule has 0 unspecified atom stereocenters. The van der Waals surface area contributed by atoms with Crippen molar-refractivity contribution in [3.8, 4) is 22.7 Å². The van der Waals surface area contributed by atoms with Crippen molar-refractivity contribution >= 4 is 21.4 Å². The summed E-state index contributed by atoms with van der Waals surface area (Å²) in [7, 11) is -1.90. The van der Waals surface area contributed by atoms with Crippen molar-refractivity contribution in [1.29, 1.82) is 0 Å². The van der Waals surface area contributed by atoms with Gasteiger partial charge in [-0.2, -0.15) is 0 Å². The second-order valence-electron chi connectivity index (χ2n) is 5.36. The molecule has 1 aromatic heterocycles. The maximum atomic E-state index is 14.0. The standard InChI is InChI=1S/C17H14ClFN2O3S/c1-24-16-8-3-11(9-14(16)19)15-10-20-17(18)21(15)12-4-6-13(7-5-12)25(2,22)23/h3-10H,1-2H3. The van der Waals surface area contributed by atoms with Gasteiger partial charge in [-0.1, -0.05) is 0 Å². The van der Waals surface area contributed by atoms with Gasteiger partial charge in [0.05, 0.1) is 23.9 Å². The fourth-order valence-corrected chi connectivity index (χ4v) is 3.31. The lowest BCUT2D eigenvalue weighted by molar-refractivity contribution is 0.386. The number of nitrogens with zero attached hydrogens (tertiary/aromatic N) is 2. The number of hydrogen-bond acceptors (Lipinski definition) is 4. The van der Waals surface area contributed by atoms with Gasteiger partial charge >= 0.3 is 0 Å². The molecule has 0 atom stereocenters. The Bertz CT molecular complexity index is 1030. The van der Waals surface area contributed by atoms with Gasteiger partial charge in [-0.3, -0.25) is 4.57 Å². The van der Waals surface area contributed by atoms with E-state index in [2.05, 4.69) is 4.98 Å². The molecule has 130 valence electrons. The summed E-state index contributed by atoms with van der Waals surface area (Å²) in [6.45, 7) is 0. The molecule has 25 heavy (non-hydrogen) atoms. The number of aromatic nitrogens is 2. The highest BCUT2D eigenvalue weighted by Gasteiger charge is 2.15. The zero-order chi connectivity index (χ0) is 18.2. The van der Waals surface area contributed by atoms with Crippen LogP contribution in [0.2, 0.25) is 5.28 Å². The number of imidazole rings is 1. The average molecular weight is 381 g/mol. The summed E-state index contributed by atoms with van der Waals surface area (Å²) in [5, 5.41) is 0.179. The monoisotopic (exact) mass is 380 g/mol.